The highest BCUT2D eigenvalue weighted by Gasteiger charge is 2.28. The Morgan fingerprint density at radius 2 is 1.94 bits per heavy atom. The molecular formula is C11H13BN2O3. The first-order chi connectivity index (χ1) is 8.06. The zero-order chi connectivity index (χ0) is 12.4. The van der Waals surface area contributed by atoms with Crippen LogP contribution in [0.3, 0.4) is 0 Å². The van der Waals surface area contributed by atoms with Crippen molar-refractivity contribution < 1.29 is 14.3 Å². The van der Waals surface area contributed by atoms with Crippen LogP contribution in [0.15, 0.2) is 24.3 Å². The van der Waals surface area contributed by atoms with Gasteiger partial charge in [0, 0.05) is 18.2 Å². The van der Waals surface area contributed by atoms with Crippen molar-refractivity contribution in [1.82, 2.24) is 5.43 Å². The molecule has 2 radical (unpaired) electrons. The van der Waals surface area contributed by atoms with Crippen molar-refractivity contribution in [2.24, 2.45) is 0 Å². The molecule has 1 N–H and O–H groups in total. The largest absolute Gasteiger partial charge is 0.344 e. The average Bonchev–Trinajstić information content (AvgIpc) is 2.24. The summed E-state index contributed by atoms with van der Waals surface area (Å²) in [5.74, 6) is -0.226. The van der Waals surface area contributed by atoms with Crippen molar-refractivity contribution >= 4 is 19.6 Å². The summed E-state index contributed by atoms with van der Waals surface area (Å²) in [7, 11) is 5.63. The molecule has 0 aromatic heterocycles. The van der Waals surface area contributed by atoms with E-state index in [9.17, 15) is 4.79 Å². The Kier molecular flexibility index (Phi) is 3.35. The Labute approximate surface area is 101 Å². The van der Waals surface area contributed by atoms with Gasteiger partial charge in [-0.25, -0.2) is 0 Å². The van der Waals surface area contributed by atoms with Gasteiger partial charge < -0.3 is 14.4 Å². The molecule has 5 nitrogen and oxygen atoms in total. The Balaban J connectivity index is 2.00. The summed E-state index contributed by atoms with van der Waals surface area (Å²) >= 11 is 0. The van der Waals surface area contributed by atoms with Crippen molar-refractivity contribution in [3.8, 4) is 0 Å². The summed E-state index contributed by atoms with van der Waals surface area (Å²) in [5.41, 5.74) is 4.05. The summed E-state index contributed by atoms with van der Waals surface area (Å²) in [5, 5.41) is 0. The first-order valence-electron chi connectivity index (χ1n) is 5.29. The molecule has 1 amide bonds. The third-order valence-electron chi connectivity index (χ3n) is 2.35. The minimum Gasteiger partial charge on any atom is -0.344 e. The smallest absolute Gasteiger partial charge is 0.262 e. The van der Waals surface area contributed by atoms with Gasteiger partial charge in [-0.05, 0) is 19.1 Å². The van der Waals surface area contributed by atoms with Gasteiger partial charge in [0.1, 0.15) is 0 Å². The van der Waals surface area contributed by atoms with Gasteiger partial charge in [0.25, 0.3) is 7.98 Å². The van der Waals surface area contributed by atoms with Crippen molar-refractivity contribution in [3.63, 3.8) is 0 Å². The number of nitrogens with zero attached hydrogens (tertiary/aromatic N) is 1. The number of hydrogen-bond acceptors (Lipinski definition) is 4. The molecule has 0 unspecified atom stereocenters. The van der Waals surface area contributed by atoms with Crippen LogP contribution in [0.4, 0.5) is 5.69 Å². The molecule has 1 aliphatic heterocycles. The van der Waals surface area contributed by atoms with Gasteiger partial charge in [-0.15, -0.1) is 0 Å². The molecular weight excluding hydrogens is 219 g/mol. The average molecular weight is 232 g/mol. The van der Waals surface area contributed by atoms with Gasteiger partial charge in [-0.3, -0.25) is 10.2 Å². The lowest BCUT2D eigenvalue weighted by atomic mass is 10.1. The van der Waals surface area contributed by atoms with Gasteiger partial charge in [-0.2, -0.15) is 0 Å². The molecule has 1 saturated heterocycles. The third kappa shape index (κ3) is 2.78. The topological polar surface area (TPSA) is 50.8 Å². The lowest BCUT2D eigenvalue weighted by Crippen LogP contribution is -2.39. The molecule has 6 heteroatoms. The monoisotopic (exact) mass is 232 g/mol. The van der Waals surface area contributed by atoms with E-state index in [-0.39, 0.29) is 18.5 Å². The van der Waals surface area contributed by atoms with Crippen LogP contribution >= 0.6 is 0 Å². The lowest BCUT2D eigenvalue weighted by molar-refractivity contribution is -0.382. The predicted molar refractivity (Wildman–Crippen MR) is 62.9 cm³/mol. The Hall–Kier alpha value is -1.53. The van der Waals surface area contributed by atoms with E-state index in [1.54, 1.807) is 12.1 Å². The minimum absolute atomic E-state index is 0.148. The summed E-state index contributed by atoms with van der Waals surface area (Å²) in [6, 6.07) is 7.24. The van der Waals surface area contributed by atoms with Crippen molar-refractivity contribution in [2.75, 3.05) is 4.92 Å². The van der Waals surface area contributed by atoms with E-state index in [1.807, 2.05) is 19.1 Å². The highest BCUT2D eigenvalue weighted by atomic mass is 16.9. The van der Waals surface area contributed by atoms with E-state index in [2.05, 4.69) is 5.43 Å². The Morgan fingerprint density at radius 3 is 2.41 bits per heavy atom. The molecule has 1 aromatic carbocycles. The lowest BCUT2D eigenvalue weighted by Gasteiger charge is -2.34. The SMILES string of the molecule is [B]N(NC(C)=O)c1ccc(C2OC(C)O2)cc1. The number of hydrogen-bond donors (Lipinski definition) is 1. The van der Waals surface area contributed by atoms with Gasteiger partial charge in [0.15, 0.2) is 12.6 Å². The van der Waals surface area contributed by atoms with Crippen LogP contribution in [-0.2, 0) is 14.3 Å². The van der Waals surface area contributed by atoms with E-state index < -0.39 is 0 Å². The Bertz CT molecular complexity index is 404. The summed E-state index contributed by atoms with van der Waals surface area (Å²) in [4.78, 5) is 12.0. The van der Waals surface area contributed by atoms with E-state index >= 15 is 0 Å². The highest BCUT2D eigenvalue weighted by molar-refractivity contribution is 6.18. The summed E-state index contributed by atoms with van der Waals surface area (Å²) in [6.45, 7) is 3.23. The number of nitrogens with one attached hydrogen (secondary N) is 1. The third-order valence-corrected chi connectivity index (χ3v) is 2.35. The highest BCUT2D eigenvalue weighted by Crippen LogP contribution is 2.31. The fourth-order valence-corrected chi connectivity index (χ4v) is 1.54. The molecule has 0 saturated carbocycles. The van der Waals surface area contributed by atoms with E-state index in [4.69, 9.17) is 17.5 Å². The van der Waals surface area contributed by atoms with Gasteiger partial charge >= 0.3 is 0 Å². The number of benzene rings is 1. The number of rotatable bonds is 3. The van der Waals surface area contributed by atoms with Crippen LogP contribution in [0.2, 0.25) is 0 Å². The van der Waals surface area contributed by atoms with Crippen LogP contribution < -0.4 is 10.3 Å². The molecule has 0 spiro atoms. The quantitative estimate of drug-likeness (QED) is 0.624. The van der Waals surface area contributed by atoms with E-state index in [1.165, 1.54) is 6.92 Å². The van der Waals surface area contributed by atoms with Crippen LogP contribution in [-0.4, -0.2) is 20.2 Å². The summed E-state index contributed by atoms with van der Waals surface area (Å²) < 4.78 is 10.7. The first-order valence-corrected chi connectivity index (χ1v) is 5.29. The van der Waals surface area contributed by atoms with Crippen molar-refractivity contribution in [1.29, 1.82) is 0 Å². The molecule has 0 aliphatic carbocycles. The molecule has 17 heavy (non-hydrogen) atoms. The maximum absolute atomic E-state index is 10.8. The second-order valence-corrected chi connectivity index (χ2v) is 3.80. The standard InChI is InChI=1S/C11H13BN2O3/c1-7(15)13-14(12)10-5-3-9(4-6-10)11-16-8(2)17-11/h3-6,8,11H,1-2H3,(H,13,15). The number of ether oxygens (including phenoxy) is 2. The van der Waals surface area contributed by atoms with E-state index in [0.29, 0.717) is 5.69 Å². The molecule has 1 aliphatic rings. The first kappa shape index (κ1) is 11.9. The second-order valence-electron chi connectivity index (χ2n) is 3.80. The zero-order valence-electron chi connectivity index (χ0n) is 9.71. The number of hydrazine groups is 1. The van der Waals surface area contributed by atoms with Crippen molar-refractivity contribution in [3.05, 3.63) is 29.8 Å². The summed E-state index contributed by atoms with van der Waals surface area (Å²) in [6.07, 6.45) is -0.448. The molecule has 1 fully saturated rings. The molecule has 0 bridgehead atoms. The number of amides is 1. The normalized spacial score (nSPS) is 22.7. The van der Waals surface area contributed by atoms with Crippen LogP contribution in [0.25, 0.3) is 0 Å². The van der Waals surface area contributed by atoms with E-state index in [0.717, 1.165) is 10.5 Å². The maximum Gasteiger partial charge on any atom is 0.262 e. The van der Waals surface area contributed by atoms with Crippen molar-refractivity contribution in [2.45, 2.75) is 26.4 Å². The predicted octanol–water partition coefficient (Wildman–Crippen LogP) is 1.02. The molecule has 0 atom stereocenters. The fourth-order valence-electron chi connectivity index (χ4n) is 1.54. The molecule has 1 heterocycles. The molecule has 1 aromatic rings. The Morgan fingerprint density at radius 1 is 1.35 bits per heavy atom. The van der Waals surface area contributed by atoms with Crippen LogP contribution in [0.5, 0.6) is 0 Å². The van der Waals surface area contributed by atoms with Gasteiger partial charge in [0.05, 0.1) is 0 Å². The molecule has 88 valence electrons. The second kappa shape index (κ2) is 4.77. The zero-order valence-corrected chi connectivity index (χ0v) is 9.71. The number of carbonyl (C=O) groups excluding carboxylic acids is 1. The number of anilines is 1. The van der Waals surface area contributed by atoms with Crippen LogP contribution in [0.1, 0.15) is 25.7 Å². The van der Waals surface area contributed by atoms with Crippen LogP contribution in [0, 0.1) is 0 Å². The number of carbonyl (C=O) groups is 1. The van der Waals surface area contributed by atoms with Gasteiger partial charge in [-0.1, -0.05) is 12.1 Å². The fraction of sp³-hybridized carbons (Fsp3) is 0.364. The van der Waals surface area contributed by atoms with Gasteiger partial charge in [0.2, 0.25) is 5.91 Å². The maximum atomic E-state index is 10.8. The minimum atomic E-state index is -0.300. The molecule has 2 rings (SSSR count).